The number of ether oxygens (including phenoxy) is 2. The van der Waals surface area contributed by atoms with Gasteiger partial charge < -0.3 is 24.6 Å². The second kappa shape index (κ2) is 20.9. The summed E-state index contributed by atoms with van der Waals surface area (Å²) in [6.45, 7) is 3.43. The van der Waals surface area contributed by atoms with Gasteiger partial charge in [0.1, 0.15) is 6.61 Å². The molecule has 0 aromatic heterocycles. The van der Waals surface area contributed by atoms with Crippen LogP contribution in [-0.4, -0.2) is 53.5 Å². The van der Waals surface area contributed by atoms with E-state index in [0.717, 1.165) is 64.2 Å². The monoisotopic (exact) mass is 509 g/mol. The summed E-state index contributed by atoms with van der Waals surface area (Å²) in [6.07, 6.45) is 10.8. The molecule has 0 aliphatic carbocycles. The number of phosphoric acid groups is 1. The fourth-order valence-corrected chi connectivity index (χ4v) is 3.58. The molecular weight excluding hydrogens is 465 g/mol. The lowest BCUT2D eigenvalue weighted by molar-refractivity contribution is -0.161. The van der Waals surface area contributed by atoms with E-state index in [1.807, 2.05) is 0 Å². The number of hydrogen-bond donors (Lipinski definition) is 3. The topological polar surface area (TPSA) is 148 Å². The van der Waals surface area contributed by atoms with Crippen LogP contribution < -0.4 is 5.32 Å². The third-order valence-electron chi connectivity index (χ3n) is 5.07. The summed E-state index contributed by atoms with van der Waals surface area (Å²) in [5, 5.41) is 2.75. The Morgan fingerprint density at radius 3 is 1.88 bits per heavy atom. The first-order valence-electron chi connectivity index (χ1n) is 12.4. The molecule has 0 saturated carbocycles. The van der Waals surface area contributed by atoms with E-state index in [1.165, 1.54) is 6.92 Å². The van der Waals surface area contributed by atoms with Crippen molar-refractivity contribution in [2.24, 2.45) is 0 Å². The van der Waals surface area contributed by atoms with E-state index in [4.69, 9.17) is 19.3 Å². The molecule has 0 spiro atoms. The van der Waals surface area contributed by atoms with Crippen molar-refractivity contribution in [3.63, 3.8) is 0 Å². The number of carbonyl (C=O) groups is 3. The Balaban J connectivity index is 4.11. The van der Waals surface area contributed by atoms with Gasteiger partial charge in [-0.05, 0) is 19.3 Å². The first-order chi connectivity index (χ1) is 16.1. The molecule has 0 aliphatic heterocycles. The fraction of sp³-hybridized carbons (Fsp3) is 0.870. The number of hydrogen-bond acceptors (Lipinski definition) is 7. The van der Waals surface area contributed by atoms with E-state index < -0.39 is 32.5 Å². The average molecular weight is 510 g/mol. The standard InChI is InChI=1S/C23H44NO9P/c1-3-4-5-6-9-13-16-23(27)33-21(19-32-34(28,29)30)18-31-22(26)15-12-10-7-8-11-14-17-24-20(2)25/h21H,3-19H2,1-2H3,(H,24,25)(H2,28,29,30)/t21-/m0/s1. The van der Waals surface area contributed by atoms with Gasteiger partial charge in [-0.2, -0.15) is 0 Å². The Hall–Kier alpha value is -1.48. The maximum Gasteiger partial charge on any atom is 0.469 e. The molecule has 0 aromatic carbocycles. The third kappa shape index (κ3) is 23.7. The number of amides is 1. The van der Waals surface area contributed by atoms with Gasteiger partial charge in [-0.3, -0.25) is 18.9 Å². The van der Waals surface area contributed by atoms with Gasteiger partial charge in [-0.25, -0.2) is 4.57 Å². The number of rotatable bonds is 22. The lowest BCUT2D eigenvalue weighted by atomic mass is 10.1. The summed E-state index contributed by atoms with van der Waals surface area (Å²) >= 11 is 0. The first kappa shape index (κ1) is 32.5. The Labute approximate surface area is 203 Å². The highest BCUT2D eigenvalue weighted by molar-refractivity contribution is 7.46. The van der Waals surface area contributed by atoms with Crippen molar-refractivity contribution in [1.82, 2.24) is 5.32 Å². The number of esters is 2. The van der Waals surface area contributed by atoms with Crippen molar-refractivity contribution in [3.05, 3.63) is 0 Å². The average Bonchev–Trinajstić information content (AvgIpc) is 2.76. The quantitative estimate of drug-likeness (QED) is 0.111. The number of unbranched alkanes of at least 4 members (excludes halogenated alkanes) is 10. The van der Waals surface area contributed by atoms with Crippen molar-refractivity contribution in [1.29, 1.82) is 0 Å². The van der Waals surface area contributed by atoms with Crippen LogP contribution in [0.25, 0.3) is 0 Å². The summed E-state index contributed by atoms with van der Waals surface area (Å²) in [5.41, 5.74) is 0. The molecule has 0 aromatic rings. The Bertz CT molecular complexity index is 609. The normalized spacial score (nSPS) is 12.2. The van der Waals surface area contributed by atoms with Gasteiger partial charge in [-0.15, -0.1) is 0 Å². The summed E-state index contributed by atoms with van der Waals surface area (Å²) in [6, 6.07) is 0. The number of nitrogens with one attached hydrogen (secondary N) is 1. The second-order valence-electron chi connectivity index (χ2n) is 8.45. The van der Waals surface area contributed by atoms with Crippen molar-refractivity contribution < 1.29 is 42.7 Å². The van der Waals surface area contributed by atoms with Gasteiger partial charge in [0.15, 0.2) is 6.10 Å². The molecule has 0 bridgehead atoms. The summed E-state index contributed by atoms with van der Waals surface area (Å²) in [4.78, 5) is 52.6. The van der Waals surface area contributed by atoms with Crippen LogP contribution in [0.2, 0.25) is 0 Å². The minimum absolute atomic E-state index is 0.0263. The highest BCUT2D eigenvalue weighted by Gasteiger charge is 2.22. The molecule has 1 atom stereocenters. The predicted octanol–water partition coefficient (Wildman–Crippen LogP) is 4.17. The summed E-state index contributed by atoms with van der Waals surface area (Å²) in [7, 11) is -4.74. The van der Waals surface area contributed by atoms with Gasteiger partial charge in [0, 0.05) is 26.3 Å². The van der Waals surface area contributed by atoms with Crippen LogP contribution in [0.5, 0.6) is 0 Å². The molecule has 10 nitrogen and oxygen atoms in total. The molecular formula is C23H44NO9P. The highest BCUT2D eigenvalue weighted by atomic mass is 31.2. The molecule has 11 heteroatoms. The van der Waals surface area contributed by atoms with E-state index in [2.05, 4.69) is 16.8 Å². The minimum atomic E-state index is -4.74. The van der Waals surface area contributed by atoms with Crippen molar-refractivity contribution in [2.75, 3.05) is 19.8 Å². The van der Waals surface area contributed by atoms with E-state index >= 15 is 0 Å². The molecule has 0 aliphatic rings. The van der Waals surface area contributed by atoms with Crippen LogP contribution in [0.15, 0.2) is 0 Å². The number of carbonyl (C=O) groups excluding carboxylic acids is 3. The van der Waals surface area contributed by atoms with Gasteiger partial charge in [0.2, 0.25) is 5.91 Å². The number of phosphoric ester groups is 1. The lowest BCUT2D eigenvalue weighted by Gasteiger charge is -2.18. The molecule has 34 heavy (non-hydrogen) atoms. The van der Waals surface area contributed by atoms with E-state index in [-0.39, 0.29) is 25.4 Å². The fourth-order valence-electron chi connectivity index (χ4n) is 3.21. The predicted molar refractivity (Wildman–Crippen MR) is 128 cm³/mol. The molecule has 0 rings (SSSR count). The summed E-state index contributed by atoms with van der Waals surface area (Å²) in [5.74, 6) is -0.996. The SMILES string of the molecule is CCCCCCCCC(=O)O[C@@H](COC(=O)CCCCCCCCNC(C)=O)COP(=O)(O)O. The molecule has 200 valence electrons. The Morgan fingerprint density at radius 1 is 0.794 bits per heavy atom. The molecule has 0 heterocycles. The van der Waals surface area contributed by atoms with Crippen LogP contribution in [0.4, 0.5) is 0 Å². The molecule has 3 N–H and O–H groups in total. The van der Waals surface area contributed by atoms with Crippen LogP contribution >= 0.6 is 7.82 Å². The van der Waals surface area contributed by atoms with Gasteiger partial charge in [0.25, 0.3) is 0 Å². The van der Waals surface area contributed by atoms with E-state index in [0.29, 0.717) is 19.4 Å². The Kier molecular flexibility index (Phi) is 19.9. The molecule has 0 radical (unpaired) electrons. The maximum absolute atomic E-state index is 12.1. The lowest BCUT2D eigenvalue weighted by Crippen LogP contribution is -2.29. The smallest absolute Gasteiger partial charge is 0.462 e. The van der Waals surface area contributed by atoms with Crippen molar-refractivity contribution in [2.45, 2.75) is 110 Å². The molecule has 0 fully saturated rings. The van der Waals surface area contributed by atoms with E-state index in [1.54, 1.807) is 0 Å². The second-order valence-corrected chi connectivity index (χ2v) is 9.69. The zero-order valence-corrected chi connectivity index (χ0v) is 21.7. The van der Waals surface area contributed by atoms with Gasteiger partial charge in [-0.1, -0.05) is 64.7 Å². The zero-order chi connectivity index (χ0) is 25.7. The molecule has 0 unspecified atom stereocenters. The van der Waals surface area contributed by atoms with Crippen LogP contribution in [-0.2, 0) is 32.9 Å². The van der Waals surface area contributed by atoms with Gasteiger partial charge in [0.05, 0.1) is 6.61 Å². The zero-order valence-electron chi connectivity index (χ0n) is 20.8. The maximum atomic E-state index is 12.1. The van der Waals surface area contributed by atoms with Crippen LogP contribution in [0, 0.1) is 0 Å². The van der Waals surface area contributed by atoms with E-state index in [9.17, 15) is 18.9 Å². The van der Waals surface area contributed by atoms with Crippen LogP contribution in [0.1, 0.15) is 104 Å². The molecule has 0 saturated heterocycles. The Morgan fingerprint density at radius 2 is 1.32 bits per heavy atom. The van der Waals surface area contributed by atoms with Crippen molar-refractivity contribution >= 4 is 25.7 Å². The highest BCUT2D eigenvalue weighted by Crippen LogP contribution is 2.35. The third-order valence-corrected chi connectivity index (χ3v) is 5.56. The van der Waals surface area contributed by atoms with Crippen molar-refractivity contribution in [3.8, 4) is 0 Å². The van der Waals surface area contributed by atoms with Crippen LogP contribution in [0.3, 0.4) is 0 Å². The molecule has 1 amide bonds. The largest absolute Gasteiger partial charge is 0.469 e. The van der Waals surface area contributed by atoms with Gasteiger partial charge >= 0.3 is 19.8 Å². The summed E-state index contributed by atoms with van der Waals surface area (Å²) < 4.78 is 25.8. The first-order valence-corrected chi connectivity index (χ1v) is 14.0. The minimum Gasteiger partial charge on any atom is -0.462 e.